The Morgan fingerprint density at radius 2 is 1.76 bits per heavy atom. The molecule has 3 fully saturated rings. The summed E-state index contributed by atoms with van der Waals surface area (Å²) < 4.78 is 27.2. The molecule has 2 aliphatic heterocycles. The standard InChI is InChI=1S/C18H28N4O2S/c1-20-10-12-21(13-11-20)25(23,24)16-6-7-18(19-14-16)22-9-8-15-4-2-3-5-17(15)22/h6-7,14-15,17H,2-5,8-13H2,1H3. The molecule has 138 valence electrons. The first-order valence-corrected chi connectivity index (χ1v) is 10.9. The highest BCUT2D eigenvalue weighted by molar-refractivity contribution is 7.89. The molecule has 1 aliphatic carbocycles. The smallest absolute Gasteiger partial charge is 0.244 e. The Balaban J connectivity index is 1.50. The topological polar surface area (TPSA) is 56.8 Å². The highest BCUT2D eigenvalue weighted by Gasteiger charge is 2.36. The van der Waals surface area contributed by atoms with Crippen molar-refractivity contribution in [2.75, 3.05) is 44.7 Å². The van der Waals surface area contributed by atoms with Crippen LogP contribution in [0.4, 0.5) is 5.82 Å². The van der Waals surface area contributed by atoms with Crippen LogP contribution in [0.5, 0.6) is 0 Å². The molecule has 6 nitrogen and oxygen atoms in total. The summed E-state index contributed by atoms with van der Waals surface area (Å²) in [4.78, 5) is 9.41. The molecule has 0 spiro atoms. The zero-order valence-electron chi connectivity index (χ0n) is 15.0. The van der Waals surface area contributed by atoms with Crippen LogP contribution >= 0.6 is 0 Å². The molecular formula is C18H28N4O2S. The van der Waals surface area contributed by atoms with Gasteiger partial charge in [0.15, 0.2) is 0 Å². The van der Waals surface area contributed by atoms with Crippen molar-refractivity contribution in [2.24, 2.45) is 5.92 Å². The Labute approximate surface area is 150 Å². The van der Waals surface area contributed by atoms with Gasteiger partial charge in [0, 0.05) is 45.0 Å². The number of sulfonamides is 1. The van der Waals surface area contributed by atoms with Crippen molar-refractivity contribution in [3.63, 3.8) is 0 Å². The van der Waals surface area contributed by atoms with E-state index in [0.29, 0.717) is 24.0 Å². The molecule has 25 heavy (non-hydrogen) atoms. The maximum atomic E-state index is 12.8. The summed E-state index contributed by atoms with van der Waals surface area (Å²) in [6, 6.07) is 4.24. The van der Waals surface area contributed by atoms with Crippen LogP contribution in [-0.4, -0.2) is 68.4 Å². The zero-order chi connectivity index (χ0) is 17.4. The molecule has 3 aliphatic rings. The number of hydrogen-bond donors (Lipinski definition) is 0. The first-order chi connectivity index (χ1) is 12.1. The van der Waals surface area contributed by atoms with E-state index in [0.717, 1.165) is 31.4 Å². The van der Waals surface area contributed by atoms with Crippen molar-refractivity contribution in [2.45, 2.75) is 43.0 Å². The minimum Gasteiger partial charge on any atom is -0.353 e. The fourth-order valence-corrected chi connectivity index (χ4v) is 5.93. The van der Waals surface area contributed by atoms with Crippen LogP contribution in [0, 0.1) is 5.92 Å². The number of hydrogen-bond acceptors (Lipinski definition) is 5. The Kier molecular flexibility index (Phi) is 4.73. The number of rotatable bonds is 3. The zero-order valence-corrected chi connectivity index (χ0v) is 15.8. The summed E-state index contributed by atoms with van der Waals surface area (Å²) in [5, 5.41) is 0. The van der Waals surface area contributed by atoms with Crippen LogP contribution in [0.15, 0.2) is 23.2 Å². The second-order valence-corrected chi connectivity index (χ2v) is 9.59. The van der Waals surface area contributed by atoms with Gasteiger partial charge in [-0.05, 0) is 44.4 Å². The molecule has 3 heterocycles. The van der Waals surface area contributed by atoms with Crippen LogP contribution in [-0.2, 0) is 10.0 Å². The third kappa shape index (κ3) is 3.29. The average Bonchev–Trinajstić information content (AvgIpc) is 3.06. The molecule has 0 amide bonds. The summed E-state index contributed by atoms with van der Waals surface area (Å²) in [5.74, 6) is 1.73. The molecule has 2 saturated heterocycles. The molecule has 2 atom stereocenters. The first kappa shape index (κ1) is 17.2. The fraction of sp³-hybridized carbons (Fsp3) is 0.722. The molecule has 0 bridgehead atoms. The molecule has 0 N–H and O–H groups in total. The predicted octanol–water partition coefficient (Wildman–Crippen LogP) is 1.79. The van der Waals surface area contributed by atoms with Crippen LogP contribution < -0.4 is 4.90 Å². The monoisotopic (exact) mass is 364 g/mol. The summed E-state index contributed by atoms with van der Waals surface area (Å²) in [6.07, 6.45) is 8.02. The van der Waals surface area contributed by atoms with Crippen LogP contribution in [0.1, 0.15) is 32.1 Å². The SMILES string of the molecule is CN1CCN(S(=O)(=O)c2ccc(N3CCC4CCCCC43)nc2)CC1. The van der Waals surface area contributed by atoms with E-state index in [2.05, 4.69) is 14.8 Å². The van der Waals surface area contributed by atoms with Gasteiger partial charge in [-0.15, -0.1) is 0 Å². The van der Waals surface area contributed by atoms with E-state index in [-0.39, 0.29) is 0 Å². The van der Waals surface area contributed by atoms with Gasteiger partial charge in [-0.3, -0.25) is 0 Å². The number of fused-ring (bicyclic) bond motifs is 1. The van der Waals surface area contributed by atoms with Crippen molar-refractivity contribution in [1.82, 2.24) is 14.2 Å². The first-order valence-electron chi connectivity index (χ1n) is 9.47. The third-order valence-electron chi connectivity index (χ3n) is 6.13. The van der Waals surface area contributed by atoms with Crippen LogP contribution in [0.2, 0.25) is 0 Å². The van der Waals surface area contributed by atoms with E-state index in [1.54, 1.807) is 16.6 Å². The van der Waals surface area contributed by atoms with Crippen LogP contribution in [0.25, 0.3) is 0 Å². The predicted molar refractivity (Wildman–Crippen MR) is 98.2 cm³/mol. The number of pyridine rings is 1. The van der Waals surface area contributed by atoms with Crippen molar-refractivity contribution in [3.8, 4) is 0 Å². The minimum atomic E-state index is -3.42. The van der Waals surface area contributed by atoms with Crippen molar-refractivity contribution >= 4 is 15.8 Å². The van der Waals surface area contributed by atoms with E-state index >= 15 is 0 Å². The molecule has 7 heteroatoms. The highest BCUT2D eigenvalue weighted by Crippen LogP contribution is 2.38. The molecule has 0 radical (unpaired) electrons. The number of likely N-dealkylation sites (N-methyl/N-ethyl adjacent to an activating group) is 1. The van der Waals surface area contributed by atoms with Gasteiger partial charge in [-0.25, -0.2) is 13.4 Å². The number of piperazine rings is 1. The second-order valence-electron chi connectivity index (χ2n) is 7.65. The minimum absolute atomic E-state index is 0.320. The van der Waals surface area contributed by atoms with Crippen LogP contribution in [0.3, 0.4) is 0 Å². The Morgan fingerprint density at radius 1 is 1.00 bits per heavy atom. The van der Waals surface area contributed by atoms with E-state index < -0.39 is 10.0 Å². The van der Waals surface area contributed by atoms with Gasteiger partial charge in [-0.1, -0.05) is 12.8 Å². The second kappa shape index (κ2) is 6.85. The van der Waals surface area contributed by atoms with Gasteiger partial charge < -0.3 is 9.80 Å². The molecule has 1 aromatic heterocycles. The lowest BCUT2D eigenvalue weighted by Gasteiger charge is -2.33. The quantitative estimate of drug-likeness (QED) is 0.818. The maximum Gasteiger partial charge on any atom is 0.244 e. The lowest BCUT2D eigenvalue weighted by atomic mass is 9.85. The highest BCUT2D eigenvalue weighted by atomic mass is 32.2. The molecule has 4 rings (SSSR count). The molecular weight excluding hydrogens is 336 g/mol. The van der Waals surface area contributed by atoms with Gasteiger partial charge in [0.25, 0.3) is 0 Å². The Morgan fingerprint density at radius 3 is 2.48 bits per heavy atom. The van der Waals surface area contributed by atoms with Gasteiger partial charge in [0.1, 0.15) is 10.7 Å². The summed E-state index contributed by atoms with van der Waals surface area (Å²) in [7, 11) is -1.40. The number of aromatic nitrogens is 1. The number of nitrogens with zero attached hydrogens (tertiary/aromatic N) is 4. The summed E-state index contributed by atoms with van der Waals surface area (Å²) >= 11 is 0. The largest absolute Gasteiger partial charge is 0.353 e. The molecule has 0 aromatic carbocycles. The van der Waals surface area contributed by atoms with Gasteiger partial charge in [0.2, 0.25) is 10.0 Å². The summed E-state index contributed by atoms with van der Waals surface area (Å²) in [6.45, 7) is 3.71. The number of anilines is 1. The summed E-state index contributed by atoms with van der Waals surface area (Å²) in [5.41, 5.74) is 0. The van der Waals surface area contributed by atoms with E-state index in [1.807, 2.05) is 13.1 Å². The Hall–Kier alpha value is -1.18. The normalized spacial score (nSPS) is 28.9. The lowest BCUT2D eigenvalue weighted by molar-refractivity contribution is 0.222. The van der Waals surface area contributed by atoms with Crippen molar-refractivity contribution in [3.05, 3.63) is 18.3 Å². The van der Waals surface area contributed by atoms with E-state index in [4.69, 9.17) is 0 Å². The van der Waals surface area contributed by atoms with Gasteiger partial charge in [-0.2, -0.15) is 4.31 Å². The van der Waals surface area contributed by atoms with Gasteiger partial charge in [0.05, 0.1) is 0 Å². The van der Waals surface area contributed by atoms with Crippen molar-refractivity contribution in [1.29, 1.82) is 0 Å². The maximum absolute atomic E-state index is 12.8. The molecule has 2 unspecified atom stereocenters. The third-order valence-corrected chi connectivity index (χ3v) is 8.01. The Bertz CT molecular complexity index is 698. The molecule has 1 saturated carbocycles. The van der Waals surface area contributed by atoms with Crippen molar-refractivity contribution < 1.29 is 8.42 Å². The van der Waals surface area contributed by atoms with Gasteiger partial charge >= 0.3 is 0 Å². The molecule has 1 aromatic rings. The van der Waals surface area contributed by atoms with E-state index in [1.165, 1.54) is 32.1 Å². The lowest BCUT2D eigenvalue weighted by Crippen LogP contribution is -2.47. The van der Waals surface area contributed by atoms with E-state index in [9.17, 15) is 8.42 Å². The fourth-order valence-electron chi connectivity index (χ4n) is 4.56. The average molecular weight is 365 g/mol.